The number of thiazole rings is 1. The van der Waals surface area contributed by atoms with Crippen molar-refractivity contribution in [3.05, 3.63) is 50.5 Å². The number of benzene rings is 1. The molecule has 0 atom stereocenters. The van der Waals surface area contributed by atoms with Gasteiger partial charge < -0.3 is 5.32 Å². The van der Waals surface area contributed by atoms with Gasteiger partial charge in [-0.1, -0.05) is 39.0 Å². The van der Waals surface area contributed by atoms with E-state index in [-0.39, 0.29) is 5.41 Å². The van der Waals surface area contributed by atoms with Crippen LogP contribution in [0.3, 0.4) is 0 Å². The van der Waals surface area contributed by atoms with E-state index < -0.39 is 0 Å². The minimum Gasteiger partial charge on any atom is -0.315 e. The van der Waals surface area contributed by atoms with Crippen LogP contribution in [0.15, 0.2) is 18.2 Å². The van der Waals surface area contributed by atoms with E-state index in [0.717, 1.165) is 13.0 Å². The molecule has 0 radical (unpaired) electrons. The molecule has 0 aliphatic carbocycles. The third kappa shape index (κ3) is 3.92. The molecule has 0 saturated carbocycles. The van der Waals surface area contributed by atoms with Crippen LogP contribution in [0.1, 0.15) is 53.0 Å². The van der Waals surface area contributed by atoms with Gasteiger partial charge in [-0.3, -0.25) is 0 Å². The third-order valence-electron chi connectivity index (χ3n) is 3.72. The highest BCUT2D eigenvalue weighted by molar-refractivity contribution is 7.11. The standard InChI is InChI=1S/C18H26N2S/c1-12-7-8-14(9-13(12)2)10-16-20-17(18(3,4)5)15(21-16)11-19-6/h7-9,19H,10-11H2,1-6H3. The second-order valence-electron chi connectivity index (χ2n) is 6.76. The number of hydrogen-bond donors (Lipinski definition) is 1. The molecule has 1 aromatic heterocycles. The molecule has 2 rings (SSSR count). The van der Waals surface area contributed by atoms with Crippen molar-refractivity contribution in [2.75, 3.05) is 7.05 Å². The lowest BCUT2D eigenvalue weighted by Gasteiger charge is -2.17. The van der Waals surface area contributed by atoms with E-state index in [1.54, 1.807) is 0 Å². The van der Waals surface area contributed by atoms with Gasteiger partial charge in [-0.2, -0.15) is 0 Å². The monoisotopic (exact) mass is 302 g/mol. The summed E-state index contributed by atoms with van der Waals surface area (Å²) in [6.07, 6.45) is 0.929. The fraction of sp³-hybridized carbons (Fsp3) is 0.500. The Morgan fingerprint density at radius 3 is 2.43 bits per heavy atom. The van der Waals surface area contributed by atoms with Crippen molar-refractivity contribution in [2.24, 2.45) is 0 Å². The Balaban J connectivity index is 2.30. The maximum absolute atomic E-state index is 4.93. The molecular weight excluding hydrogens is 276 g/mol. The first kappa shape index (κ1) is 16.2. The number of nitrogens with one attached hydrogen (secondary N) is 1. The smallest absolute Gasteiger partial charge is 0.0975 e. The first-order chi connectivity index (χ1) is 9.81. The Kier molecular flexibility index (Phi) is 4.84. The highest BCUT2D eigenvalue weighted by Crippen LogP contribution is 2.30. The molecule has 2 nitrogen and oxygen atoms in total. The van der Waals surface area contributed by atoms with Gasteiger partial charge >= 0.3 is 0 Å². The number of hydrogen-bond acceptors (Lipinski definition) is 3. The number of rotatable bonds is 4. The van der Waals surface area contributed by atoms with Gasteiger partial charge in [0.05, 0.1) is 10.7 Å². The summed E-state index contributed by atoms with van der Waals surface area (Å²) in [5.74, 6) is 0. The first-order valence-corrected chi connectivity index (χ1v) is 8.32. The molecule has 3 heteroatoms. The Bertz CT molecular complexity index is 621. The Hall–Kier alpha value is -1.19. The predicted octanol–water partition coefficient (Wildman–Crippen LogP) is 4.37. The molecule has 114 valence electrons. The molecule has 2 aromatic rings. The summed E-state index contributed by atoms with van der Waals surface area (Å²) in [5.41, 5.74) is 5.40. The average molecular weight is 302 g/mol. The molecule has 0 spiro atoms. The van der Waals surface area contributed by atoms with Crippen LogP contribution in [-0.4, -0.2) is 12.0 Å². The first-order valence-electron chi connectivity index (χ1n) is 7.51. The van der Waals surface area contributed by atoms with Crippen molar-refractivity contribution in [3.8, 4) is 0 Å². The molecule has 1 N–H and O–H groups in total. The summed E-state index contributed by atoms with van der Waals surface area (Å²) in [6, 6.07) is 6.71. The van der Waals surface area contributed by atoms with Crippen LogP contribution in [0.5, 0.6) is 0 Å². The normalized spacial score (nSPS) is 11.9. The van der Waals surface area contributed by atoms with Crippen molar-refractivity contribution in [3.63, 3.8) is 0 Å². The van der Waals surface area contributed by atoms with E-state index in [1.165, 1.54) is 32.3 Å². The van der Waals surface area contributed by atoms with Crippen LogP contribution < -0.4 is 5.32 Å². The molecule has 0 aliphatic heterocycles. The molecule has 1 heterocycles. The molecule has 1 aromatic carbocycles. The largest absolute Gasteiger partial charge is 0.315 e. The summed E-state index contributed by atoms with van der Waals surface area (Å²) in [7, 11) is 2.00. The minimum atomic E-state index is 0.101. The van der Waals surface area contributed by atoms with Gasteiger partial charge in [0.1, 0.15) is 0 Å². The van der Waals surface area contributed by atoms with Gasteiger partial charge in [0.25, 0.3) is 0 Å². The van der Waals surface area contributed by atoms with Crippen molar-refractivity contribution >= 4 is 11.3 Å². The Morgan fingerprint density at radius 2 is 1.86 bits per heavy atom. The van der Waals surface area contributed by atoms with Crippen LogP contribution in [-0.2, 0) is 18.4 Å². The van der Waals surface area contributed by atoms with Crippen molar-refractivity contribution in [2.45, 2.75) is 53.0 Å². The molecular formula is C18H26N2S. The third-order valence-corrected chi connectivity index (χ3v) is 4.77. The van der Waals surface area contributed by atoms with E-state index in [1.807, 2.05) is 18.4 Å². The molecule has 0 aliphatic rings. The van der Waals surface area contributed by atoms with E-state index >= 15 is 0 Å². The predicted molar refractivity (Wildman–Crippen MR) is 92.3 cm³/mol. The van der Waals surface area contributed by atoms with Crippen LogP contribution in [0.25, 0.3) is 0 Å². The number of aryl methyl sites for hydroxylation is 2. The quantitative estimate of drug-likeness (QED) is 0.907. The summed E-state index contributed by atoms with van der Waals surface area (Å²) in [4.78, 5) is 6.29. The van der Waals surface area contributed by atoms with Crippen molar-refractivity contribution in [1.29, 1.82) is 0 Å². The molecule has 21 heavy (non-hydrogen) atoms. The van der Waals surface area contributed by atoms with Crippen molar-refractivity contribution < 1.29 is 0 Å². The zero-order valence-corrected chi connectivity index (χ0v) is 14.8. The number of aromatic nitrogens is 1. The van der Waals surface area contributed by atoms with Gasteiger partial charge in [-0.05, 0) is 37.6 Å². The molecule has 0 saturated heterocycles. The lowest BCUT2D eigenvalue weighted by molar-refractivity contribution is 0.561. The zero-order valence-electron chi connectivity index (χ0n) is 14.0. The average Bonchev–Trinajstić information content (AvgIpc) is 2.77. The highest BCUT2D eigenvalue weighted by atomic mass is 32.1. The molecule has 0 amide bonds. The van der Waals surface area contributed by atoms with E-state index in [0.29, 0.717) is 0 Å². The summed E-state index contributed by atoms with van der Waals surface area (Å²) in [5, 5.41) is 4.48. The summed E-state index contributed by atoms with van der Waals surface area (Å²) in [6.45, 7) is 11.9. The lowest BCUT2D eigenvalue weighted by Crippen LogP contribution is -2.16. The van der Waals surface area contributed by atoms with Gasteiger partial charge in [-0.15, -0.1) is 11.3 Å². The molecule has 0 bridgehead atoms. The fourth-order valence-electron chi connectivity index (χ4n) is 2.43. The topological polar surface area (TPSA) is 24.9 Å². The fourth-order valence-corrected chi connectivity index (χ4v) is 3.76. The van der Waals surface area contributed by atoms with Gasteiger partial charge in [-0.25, -0.2) is 4.98 Å². The van der Waals surface area contributed by atoms with Gasteiger partial charge in [0.2, 0.25) is 0 Å². The van der Waals surface area contributed by atoms with E-state index in [2.05, 4.69) is 58.1 Å². The Morgan fingerprint density at radius 1 is 1.14 bits per heavy atom. The van der Waals surface area contributed by atoms with Crippen molar-refractivity contribution in [1.82, 2.24) is 10.3 Å². The van der Waals surface area contributed by atoms with Crippen LogP contribution in [0.4, 0.5) is 0 Å². The maximum atomic E-state index is 4.93. The summed E-state index contributed by atoms with van der Waals surface area (Å²) >= 11 is 1.84. The number of nitrogens with zero attached hydrogens (tertiary/aromatic N) is 1. The van der Waals surface area contributed by atoms with E-state index in [4.69, 9.17) is 4.98 Å². The van der Waals surface area contributed by atoms with Gasteiger partial charge in [0, 0.05) is 23.3 Å². The van der Waals surface area contributed by atoms with E-state index in [9.17, 15) is 0 Å². The second kappa shape index (κ2) is 6.29. The highest BCUT2D eigenvalue weighted by Gasteiger charge is 2.22. The Labute approximate surface area is 132 Å². The van der Waals surface area contributed by atoms with Crippen LogP contribution in [0, 0.1) is 13.8 Å². The maximum Gasteiger partial charge on any atom is 0.0975 e. The molecule has 0 unspecified atom stereocenters. The van der Waals surface area contributed by atoms with Gasteiger partial charge in [0.15, 0.2) is 0 Å². The lowest BCUT2D eigenvalue weighted by atomic mass is 9.91. The minimum absolute atomic E-state index is 0.101. The summed E-state index contributed by atoms with van der Waals surface area (Å²) < 4.78 is 0. The molecule has 0 fully saturated rings. The SMILES string of the molecule is CNCc1sc(Cc2ccc(C)c(C)c2)nc1C(C)(C)C. The van der Waals surface area contributed by atoms with Crippen LogP contribution >= 0.6 is 11.3 Å². The second-order valence-corrected chi connectivity index (χ2v) is 7.92. The zero-order chi connectivity index (χ0) is 15.6. The van der Waals surface area contributed by atoms with Crippen LogP contribution in [0.2, 0.25) is 0 Å².